The number of aldehydes is 1. The Morgan fingerprint density at radius 1 is 0.750 bits per heavy atom. The van der Waals surface area contributed by atoms with E-state index in [0.717, 1.165) is 31.5 Å². The monoisotopic (exact) mass is 880 g/mol. The van der Waals surface area contributed by atoms with Crippen molar-refractivity contribution < 1.29 is 42.9 Å². The van der Waals surface area contributed by atoms with Gasteiger partial charge in [-0.1, -0.05) is 6.07 Å². The van der Waals surface area contributed by atoms with E-state index in [0.29, 0.717) is 89.5 Å². The summed E-state index contributed by atoms with van der Waals surface area (Å²) < 4.78 is 30.8. The van der Waals surface area contributed by atoms with Crippen molar-refractivity contribution in [3.63, 3.8) is 0 Å². The van der Waals surface area contributed by atoms with Gasteiger partial charge in [-0.05, 0) is 75.6 Å². The quantitative estimate of drug-likeness (QED) is 0.166. The molecule has 2 aliphatic rings. The van der Waals surface area contributed by atoms with Gasteiger partial charge in [-0.15, -0.1) is 0 Å². The fourth-order valence-electron chi connectivity index (χ4n) is 7.86. The molecule has 0 spiro atoms. The summed E-state index contributed by atoms with van der Waals surface area (Å²) in [6.07, 6.45) is 1.83. The fraction of sp³-hybridized carbons (Fsp3) is 0.404. The Morgan fingerprint density at radius 3 is 1.83 bits per heavy atom. The summed E-state index contributed by atoms with van der Waals surface area (Å²) in [5.41, 5.74) is 1.44. The summed E-state index contributed by atoms with van der Waals surface area (Å²) >= 11 is 0. The lowest BCUT2D eigenvalue weighted by molar-refractivity contribution is -0.108. The average molecular weight is 881 g/mol. The van der Waals surface area contributed by atoms with Crippen LogP contribution in [0.5, 0.6) is 23.0 Å². The molecule has 2 aromatic heterocycles. The Balaban J connectivity index is 0.000000284. The Morgan fingerprint density at radius 2 is 1.30 bits per heavy atom. The van der Waals surface area contributed by atoms with E-state index in [4.69, 9.17) is 23.7 Å². The molecule has 1 fully saturated rings. The number of piperidine rings is 1. The van der Waals surface area contributed by atoms with Gasteiger partial charge in [-0.25, -0.2) is 4.79 Å². The number of amides is 3. The van der Waals surface area contributed by atoms with E-state index in [2.05, 4.69) is 15.5 Å². The standard InChI is InChI=1S/C33H42N4O7.C14H14N2O4/c1-33(2,3)44-32(40)37(21-22-6-9-28-29(18-22)43-17-16-42-28)23-10-12-35(13-11-23)14-15-36-27-19-24(41-5)7-8-25(27)26(20-30(36)38)31(39)34-4;1-15-14(19)11-8-13(18)16(5-6-17)12-7-9(20-2)3-4-10(11)12/h6-9,18-20,23H,10-17,21H2,1-5H3,(H,34,39);3-4,6-8H,5H2,1-2H3,(H,15,19). The lowest BCUT2D eigenvalue weighted by Gasteiger charge is -2.39. The van der Waals surface area contributed by atoms with E-state index in [1.807, 2.05) is 49.9 Å². The zero-order valence-electron chi connectivity index (χ0n) is 37.4. The number of pyridine rings is 2. The number of hydrogen-bond acceptors (Lipinski definition) is 12. The lowest BCUT2D eigenvalue weighted by atomic mass is 10.0. The minimum absolute atomic E-state index is 0.00560. The molecule has 0 bridgehead atoms. The molecule has 340 valence electrons. The van der Waals surface area contributed by atoms with E-state index >= 15 is 0 Å². The van der Waals surface area contributed by atoms with Crippen LogP contribution < -0.4 is 40.7 Å². The average Bonchev–Trinajstić information content (AvgIpc) is 3.29. The van der Waals surface area contributed by atoms with Crippen LogP contribution in [0.1, 0.15) is 59.9 Å². The first-order valence-electron chi connectivity index (χ1n) is 21.1. The van der Waals surface area contributed by atoms with Gasteiger partial charge in [0.25, 0.3) is 22.9 Å². The van der Waals surface area contributed by atoms with Gasteiger partial charge in [-0.3, -0.25) is 19.2 Å². The summed E-state index contributed by atoms with van der Waals surface area (Å²) in [6.45, 7) is 9.59. The van der Waals surface area contributed by atoms with Crippen LogP contribution in [0.3, 0.4) is 0 Å². The third-order valence-corrected chi connectivity index (χ3v) is 11.1. The van der Waals surface area contributed by atoms with E-state index in [1.54, 1.807) is 49.1 Å². The molecule has 4 heterocycles. The maximum atomic E-state index is 13.4. The van der Waals surface area contributed by atoms with Gasteiger partial charge in [-0.2, -0.15) is 0 Å². The Kier molecular flexibility index (Phi) is 15.0. The van der Waals surface area contributed by atoms with Crippen LogP contribution in [0.2, 0.25) is 0 Å². The highest BCUT2D eigenvalue weighted by Gasteiger charge is 2.32. The van der Waals surface area contributed by atoms with Gasteiger partial charge in [0.05, 0.1) is 42.9 Å². The summed E-state index contributed by atoms with van der Waals surface area (Å²) in [7, 11) is 6.12. The number of benzene rings is 3. The summed E-state index contributed by atoms with van der Waals surface area (Å²) in [5.74, 6) is 1.90. The van der Waals surface area contributed by atoms with Gasteiger partial charge in [0.2, 0.25) is 0 Å². The Labute approximate surface area is 370 Å². The van der Waals surface area contributed by atoms with Crippen LogP contribution in [0.25, 0.3) is 21.8 Å². The Bertz CT molecular complexity index is 2640. The predicted molar refractivity (Wildman–Crippen MR) is 241 cm³/mol. The highest BCUT2D eigenvalue weighted by Crippen LogP contribution is 2.32. The van der Waals surface area contributed by atoms with Crippen molar-refractivity contribution in [1.29, 1.82) is 0 Å². The molecule has 3 amide bonds. The number of hydrogen-bond donors (Lipinski definition) is 2. The van der Waals surface area contributed by atoms with Gasteiger partial charge in [0.15, 0.2) is 11.5 Å². The first kappa shape index (κ1) is 46.6. The topological polar surface area (TPSA) is 189 Å². The molecule has 0 aliphatic carbocycles. The van der Waals surface area contributed by atoms with E-state index in [9.17, 15) is 28.8 Å². The van der Waals surface area contributed by atoms with Crippen molar-refractivity contribution >= 4 is 46.0 Å². The first-order valence-corrected chi connectivity index (χ1v) is 21.1. The number of carbonyl (C=O) groups is 4. The van der Waals surface area contributed by atoms with Gasteiger partial charge >= 0.3 is 6.09 Å². The number of aromatic nitrogens is 2. The zero-order valence-corrected chi connectivity index (χ0v) is 37.4. The summed E-state index contributed by atoms with van der Waals surface area (Å²) in [5, 5.41) is 6.39. The van der Waals surface area contributed by atoms with Gasteiger partial charge in [0, 0.05) is 87.9 Å². The summed E-state index contributed by atoms with van der Waals surface area (Å²) in [4.78, 5) is 77.8. The molecule has 2 aliphatic heterocycles. The van der Waals surface area contributed by atoms with Crippen molar-refractivity contribution in [3.05, 3.63) is 104 Å². The predicted octanol–water partition coefficient (Wildman–Crippen LogP) is 4.61. The van der Waals surface area contributed by atoms with E-state index < -0.39 is 11.2 Å². The van der Waals surface area contributed by atoms with Crippen LogP contribution in [0.4, 0.5) is 4.79 Å². The molecule has 2 N–H and O–H groups in total. The SMILES string of the molecule is CNC(=O)c1cc(=O)n(CC=O)c2cc(OC)ccc12.CNC(=O)c1cc(=O)n(CCN2CCC(N(Cc3ccc4c(c3)OCCO4)C(=O)OC(C)(C)C)CC2)c2cc(OC)ccc12. The number of fused-ring (bicyclic) bond motifs is 3. The number of nitrogens with one attached hydrogen (secondary N) is 2. The number of likely N-dealkylation sites (tertiary alicyclic amines) is 1. The van der Waals surface area contributed by atoms with E-state index in [1.165, 1.54) is 30.9 Å². The smallest absolute Gasteiger partial charge is 0.410 e. The highest BCUT2D eigenvalue weighted by atomic mass is 16.6. The second-order valence-electron chi connectivity index (χ2n) is 16.3. The maximum absolute atomic E-state index is 13.4. The number of methoxy groups -OCH3 is 2. The molecule has 0 atom stereocenters. The van der Waals surface area contributed by atoms with Crippen LogP contribution >= 0.6 is 0 Å². The molecule has 1 saturated heterocycles. The number of rotatable bonds is 12. The molecule has 0 unspecified atom stereocenters. The van der Waals surface area contributed by atoms with Crippen LogP contribution in [-0.2, 0) is 29.2 Å². The van der Waals surface area contributed by atoms with Crippen molar-refractivity contribution in [2.75, 3.05) is 61.2 Å². The minimum Gasteiger partial charge on any atom is -0.497 e. The van der Waals surface area contributed by atoms with Gasteiger partial charge in [0.1, 0.15) is 36.6 Å². The van der Waals surface area contributed by atoms with Crippen molar-refractivity contribution in [1.82, 2.24) is 29.6 Å². The molecule has 17 nitrogen and oxygen atoms in total. The number of ether oxygens (including phenoxy) is 5. The lowest BCUT2D eigenvalue weighted by Crippen LogP contribution is -2.49. The first-order chi connectivity index (χ1) is 30.7. The van der Waals surface area contributed by atoms with Crippen molar-refractivity contribution in [3.8, 4) is 23.0 Å². The minimum atomic E-state index is -0.616. The zero-order chi connectivity index (χ0) is 46.1. The molecule has 5 aromatic rings. The van der Waals surface area contributed by atoms with Crippen molar-refractivity contribution in [2.24, 2.45) is 0 Å². The molecule has 64 heavy (non-hydrogen) atoms. The number of carbonyl (C=O) groups excluding carboxylic acids is 4. The molecular formula is C47H56N6O11. The molecule has 7 rings (SSSR count). The van der Waals surface area contributed by atoms with Crippen molar-refractivity contribution in [2.45, 2.75) is 64.9 Å². The largest absolute Gasteiger partial charge is 0.497 e. The van der Waals surface area contributed by atoms with E-state index in [-0.39, 0.29) is 41.6 Å². The number of nitrogens with zero attached hydrogens (tertiary/aromatic N) is 4. The second-order valence-corrected chi connectivity index (χ2v) is 16.3. The molecular weight excluding hydrogens is 825 g/mol. The van der Waals surface area contributed by atoms with Crippen LogP contribution in [0.15, 0.2) is 76.3 Å². The molecule has 0 radical (unpaired) electrons. The van der Waals surface area contributed by atoms with Crippen LogP contribution in [0, 0.1) is 0 Å². The van der Waals surface area contributed by atoms with Crippen LogP contribution in [-0.4, -0.2) is 116 Å². The highest BCUT2D eigenvalue weighted by molar-refractivity contribution is 6.07. The third-order valence-electron chi connectivity index (χ3n) is 11.1. The molecule has 17 heteroatoms. The third kappa shape index (κ3) is 10.8. The summed E-state index contributed by atoms with van der Waals surface area (Å²) in [6, 6.07) is 18.8. The van der Waals surface area contributed by atoms with Gasteiger partial charge < -0.3 is 58.0 Å². The maximum Gasteiger partial charge on any atom is 0.410 e. The second kappa shape index (κ2) is 20.5. The normalized spacial score (nSPS) is 13.9. The Hall–Kier alpha value is -6.88. The molecule has 3 aromatic carbocycles. The molecule has 0 saturated carbocycles. The fourth-order valence-corrected chi connectivity index (χ4v) is 7.86.